The molecule has 2 nitrogen and oxygen atoms in total. The lowest BCUT2D eigenvalue weighted by Gasteiger charge is -2.14. The molecule has 80 valence electrons. The van der Waals surface area contributed by atoms with Crippen molar-refractivity contribution in [1.82, 2.24) is 0 Å². The number of rotatable bonds is 1. The molecule has 1 aliphatic heterocycles. The Labute approximate surface area is 77.6 Å². The van der Waals surface area contributed by atoms with Crippen LogP contribution >= 0.6 is 0 Å². The van der Waals surface area contributed by atoms with E-state index in [1.54, 1.807) is 0 Å². The first-order valence-electron chi connectivity index (χ1n) is 4.26. The van der Waals surface area contributed by atoms with E-state index < -0.39 is 21.9 Å². The lowest BCUT2D eigenvalue weighted by molar-refractivity contribution is 0.0603. The molecule has 0 spiro atoms. The third kappa shape index (κ3) is 8.26. The average molecular weight is 216 g/mol. The minimum absolute atomic E-state index is 0.799. The van der Waals surface area contributed by atoms with Gasteiger partial charge >= 0.3 is 9.28 Å². The molecule has 1 rings (SSSR count). The number of hydrogen-bond acceptors (Lipinski definition) is 2. The van der Waals surface area contributed by atoms with Crippen molar-refractivity contribution in [3.8, 4) is 0 Å². The Morgan fingerprint density at radius 3 is 2.00 bits per heavy atom. The summed E-state index contributed by atoms with van der Waals surface area (Å²) in [5.74, 6) is 0. The zero-order valence-electron chi connectivity index (χ0n) is 7.55. The Balaban J connectivity index is 0.000000226. The van der Waals surface area contributed by atoms with E-state index in [2.05, 4.69) is 0 Å². The molecule has 1 fully saturated rings. The number of hydrogen-bond donors (Lipinski definition) is 1. The van der Waals surface area contributed by atoms with Gasteiger partial charge in [-0.2, -0.15) is 0 Å². The maximum absolute atomic E-state index is 11.1. The van der Waals surface area contributed by atoms with Gasteiger partial charge in [-0.3, -0.25) is 0 Å². The van der Waals surface area contributed by atoms with Crippen LogP contribution < -0.4 is 0 Å². The Bertz CT molecular complexity index is 112. The summed E-state index contributed by atoms with van der Waals surface area (Å²) in [5, 5.41) is 0. The lowest BCUT2D eigenvalue weighted by Crippen LogP contribution is -2.22. The summed E-state index contributed by atoms with van der Waals surface area (Å²) in [7, 11) is -1.59. The summed E-state index contributed by atoms with van der Waals surface area (Å²) >= 11 is 0. The molecule has 0 aromatic rings. The van der Waals surface area contributed by atoms with E-state index in [1.165, 1.54) is 6.42 Å². The SMILES string of the molecule is CC(F)C(F)F.O[SiH]1CCCCO1. The topological polar surface area (TPSA) is 29.5 Å². The van der Waals surface area contributed by atoms with Crippen molar-refractivity contribution in [2.75, 3.05) is 6.61 Å². The first kappa shape index (κ1) is 12.9. The highest BCUT2D eigenvalue weighted by molar-refractivity contribution is 6.42. The van der Waals surface area contributed by atoms with Gasteiger partial charge in [0.05, 0.1) is 0 Å². The summed E-state index contributed by atoms with van der Waals surface area (Å²) in [6.07, 6.45) is -2.48. The van der Waals surface area contributed by atoms with Crippen LogP contribution in [0.3, 0.4) is 0 Å². The summed E-state index contributed by atoms with van der Waals surface area (Å²) in [6.45, 7) is 1.62. The van der Waals surface area contributed by atoms with Crippen molar-refractivity contribution < 1.29 is 22.4 Å². The molecule has 0 saturated carbocycles. The average Bonchev–Trinajstić information content (AvgIpc) is 2.06. The first-order valence-corrected chi connectivity index (χ1v) is 6.06. The molecule has 0 radical (unpaired) electrons. The van der Waals surface area contributed by atoms with E-state index in [9.17, 15) is 13.2 Å². The van der Waals surface area contributed by atoms with Crippen LogP contribution in [0.1, 0.15) is 19.8 Å². The molecule has 1 aliphatic rings. The third-order valence-electron chi connectivity index (χ3n) is 1.50. The van der Waals surface area contributed by atoms with Gasteiger partial charge in [0.2, 0.25) is 0 Å². The lowest BCUT2D eigenvalue weighted by atomic mass is 10.4. The molecular weight excluding hydrogens is 201 g/mol. The van der Waals surface area contributed by atoms with Gasteiger partial charge in [0.15, 0.2) is 6.17 Å². The minimum Gasteiger partial charge on any atom is -0.413 e. The van der Waals surface area contributed by atoms with E-state index in [4.69, 9.17) is 9.22 Å². The standard InChI is InChI=1S/C4H10O2Si.C3H5F3/c5-7-4-2-1-3-6-7;1-2(4)3(5)6/h5,7H,1-4H2;2-3H,1H3. The minimum atomic E-state index is -2.81. The van der Waals surface area contributed by atoms with Crippen LogP contribution in [0.25, 0.3) is 0 Å². The van der Waals surface area contributed by atoms with E-state index in [-0.39, 0.29) is 0 Å². The molecule has 1 N–H and O–H groups in total. The summed E-state index contributed by atoms with van der Waals surface area (Å²) in [5.41, 5.74) is 0. The van der Waals surface area contributed by atoms with Crippen LogP contribution in [0.4, 0.5) is 13.2 Å². The molecule has 0 bridgehead atoms. The van der Waals surface area contributed by atoms with Crippen molar-refractivity contribution in [2.45, 2.75) is 38.4 Å². The Morgan fingerprint density at radius 2 is 1.85 bits per heavy atom. The van der Waals surface area contributed by atoms with Crippen molar-refractivity contribution in [3.05, 3.63) is 0 Å². The Morgan fingerprint density at radius 1 is 1.31 bits per heavy atom. The van der Waals surface area contributed by atoms with Crippen LogP contribution in [0.15, 0.2) is 0 Å². The summed E-state index contributed by atoms with van der Waals surface area (Å²) in [4.78, 5) is 8.83. The molecule has 2 unspecified atom stereocenters. The van der Waals surface area contributed by atoms with Gasteiger partial charge in [-0.15, -0.1) is 0 Å². The predicted molar refractivity (Wildman–Crippen MR) is 45.9 cm³/mol. The predicted octanol–water partition coefficient (Wildman–Crippen LogP) is 1.62. The van der Waals surface area contributed by atoms with Gasteiger partial charge in [-0.05, 0) is 25.8 Å². The highest BCUT2D eigenvalue weighted by atomic mass is 28.3. The van der Waals surface area contributed by atoms with Crippen LogP contribution in [0.2, 0.25) is 6.04 Å². The van der Waals surface area contributed by atoms with Crippen LogP contribution in [0.5, 0.6) is 0 Å². The van der Waals surface area contributed by atoms with Crippen molar-refractivity contribution in [1.29, 1.82) is 0 Å². The molecule has 1 heterocycles. The van der Waals surface area contributed by atoms with Crippen LogP contribution in [0, 0.1) is 0 Å². The van der Waals surface area contributed by atoms with E-state index >= 15 is 0 Å². The molecule has 2 atom stereocenters. The van der Waals surface area contributed by atoms with Crippen LogP contribution in [-0.4, -0.2) is 33.3 Å². The van der Waals surface area contributed by atoms with Gasteiger partial charge in [-0.25, -0.2) is 13.2 Å². The molecule has 0 aromatic heterocycles. The maximum Gasteiger partial charge on any atom is 0.318 e. The molecule has 0 aromatic carbocycles. The Hall–Kier alpha value is -0.0731. The highest BCUT2D eigenvalue weighted by Crippen LogP contribution is 2.07. The fourth-order valence-electron chi connectivity index (χ4n) is 0.724. The first-order chi connectivity index (χ1) is 6.04. The molecule has 13 heavy (non-hydrogen) atoms. The van der Waals surface area contributed by atoms with Gasteiger partial charge in [0.25, 0.3) is 6.43 Å². The van der Waals surface area contributed by atoms with Gasteiger partial charge < -0.3 is 9.22 Å². The molecule has 0 aliphatic carbocycles. The van der Waals surface area contributed by atoms with Crippen molar-refractivity contribution in [2.24, 2.45) is 0 Å². The zero-order chi connectivity index (χ0) is 10.3. The second-order valence-corrected chi connectivity index (χ2v) is 4.65. The second-order valence-electron chi connectivity index (χ2n) is 2.83. The molecule has 1 saturated heterocycles. The van der Waals surface area contributed by atoms with Crippen molar-refractivity contribution >= 4 is 9.28 Å². The quantitative estimate of drug-likeness (QED) is 0.675. The molecule has 6 heteroatoms. The van der Waals surface area contributed by atoms with Crippen LogP contribution in [-0.2, 0) is 4.43 Å². The Kier molecular flexibility index (Phi) is 7.30. The molecule has 0 amide bonds. The highest BCUT2D eigenvalue weighted by Gasteiger charge is 2.11. The largest absolute Gasteiger partial charge is 0.413 e. The van der Waals surface area contributed by atoms with Gasteiger partial charge in [0, 0.05) is 6.61 Å². The van der Waals surface area contributed by atoms with E-state index in [0.717, 1.165) is 26.0 Å². The van der Waals surface area contributed by atoms with Crippen molar-refractivity contribution in [3.63, 3.8) is 0 Å². The fourth-order valence-corrected chi connectivity index (χ4v) is 1.97. The summed E-state index contributed by atoms with van der Waals surface area (Å²) < 4.78 is 37.6. The third-order valence-corrected chi connectivity index (χ3v) is 3.03. The number of halogens is 3. The monoisotopic (exact) mass is 216 g/mol. The smallest absolute Gasteiger partial charge is 0.318 e. The number of alkyl halides is 3. The normalized spacial score (nSPS) is 24.9. The zero-order valence-corrected chi connectivity index (χ0v) is 8.70. The fraction of sp³-hybridized carbons (Fsp3) is 1.00. The maximum atomic E-state index is 11.1. The van der Waals surface area contributed by atoms with Gasteiger partial charge in [0.1, 0.15) is 0 Å². The second kappa shape index (κ2) is 7.34. The van der Waals surface area contributed by atoms with Gasteiger partial charge in [-0.1, -0.05) is 0 Å². The van der Waals surface area contributed by atoms with E-state index in [0.29, 0.717) is 0 Å². The molecular formula is C7H15F3O2Si. The summed E-state index contributed by atoms with van der Waals surface area (Å²) in [6, 6.07) is 0.958. The van der Waals surface area contributed by atoms with E-state index in [1.807, 2.05) is 0 Å².